The van der Waals surface area contributed by atoms with Crippen molar-refractivity contribution in [2.45, 2.75) is 52.6 Å². The van der Waals surface area contributed by atoms with Gasteiger partial charge in [-0.05, 0) is 54.7 Å². The first-order chi connectivity index (χ1) is 16.1. The molecular formula is C25H34ClN3O4S. The zero-order chi connectivity index (χ0) is 25.3. The zero-order valence-electron chi connectivity index (χ0n) is 20.3. The predicted octanol–water partition coefficient (Wildman–Crippen LogP) is 4.00. The van der Waals surface area contributed by atoms with E-state index in [1.807, 2.05) is 32.9 Å². The van der Waals surface area contributed by atoms with E-state index in [0.29, 0.717) is 23.7 Å². The highest BCUT2D eigenvalue weighted by molar-refractivity contribution is 7.92. The fourth-order valence-corrected chi connectivity index (χ4v) is 4.56. The first-order valence-electron chi connectivity index (χ1n) is 11.5. The van der Waals surface area contributed by atoms with Crippen molar-refractivity contribution in [3.05, 3.63) is 64.7 Å². The lowest BCUT2D eigenvalue weighted by Gasteiger charge is -2.33. The number of hydrogen-bond donors (Lipinski definition) is 1. The number of rotatable bonds is 12. The monoisotopic (exact) mass is 507 g/mol. The maximum atomic E-state index is 13.6. The molecule has 0 aliphatic carbocycles. The van der Waals surface area contributed by atoms with Crippen LogP contribution in [0, 0.1) is 0 Å². The van der Waals surface area contributed by atoms with Crippen molar-refractivity contribution < 1.29 is 18.0 Å². The van der Waals surface area contributed by atoms with E-state index in [-0.39, 0.29) is 12.5 Å². The molecule has 1 N–H and O–H groups in total. The minimum Gasteiger partial charge on any atom is -0.354 e. The Labute approximate surface area is 208 Å². The van der Waals surface area contributed by atoms with Crippen LogP contribution < -0.4 is 9.62 Å². The molecule has 0 radical (unpaired) electrons. The Morgan fingerprint density at radius 3 is 2.06 bits per heavy atom. The summed E-state index contributed by atoms with van der Waals surface area (Å²) in [6.07, 6.45) is 3.04. The van der Waals surface area contributed by atoms with E-state index in [9.17, 15) is 18.0 Å². The summed E-state index contributed by atoms with van der Waals surface area (Å²) in [6, 6.07) is 13.4. The molecule has 34 heavy (non-hydrogen) atoms. The van der Waals surface area contributed by atoms with Crippen LogP contribution in [0.4, 0.5) is 5.69 Å². The van der Waals surface area contributed by atoms with Crippen molar-refractivity contribution in [2.24, 2.45) is 0 Å². The van der Waals surface area contributed by atoms with Crippen LogP contribution in [0.2, 0.25) is 5.02 Å². The van der Waals surface area contributed by atoms with Gasteiger partial charge in [0.05, 0.1) is 11.9 Å². The van der Waals surface area contributed by atoms with Crippen molar-refractivity contribution in [1.82, 2.24) is 10.2 Å². The van der Waals surface area contributed by atoms with Crippen molar-refractivity contribution >= 4 is 39.1 Å². The van der Waals surface area contributed by atoms with E-state index >= 15 is 0 Å². The number of aryl methyl sites for hydroxylation is 1. The fraction of sp³-hybridized carbons (Fsp3) is 0.440. The number of amides is 2. The number of carbonyl (C=O) groups excluding carboxylic acids is 2. The topological polar surface area (TPSA) is 86.8 Å². The molecule has 0 saturated heterocycles. The first-order valence-corrected chi connectivity index (χ1v) is 13.7. The fourth-order valence-electron chi connectivity index (χ4n) is 3.58. The molecule has 2 amide bonds. The zero-order valence-corrected chi connectivity index (χ0v) is 21.8. The molecule has 0 aromatic heterocycles. The molecule has 2 aromatic rings. The van der Waals surface area contributed by atoms with Crippen LogP contribution in [0.3, 0.4) is 0 Å². The minimum atomic E-state index is -3.74. The minimum absolute atomic E-state index is 0.153. The second-order valence-corrected chi connectivity index (χ2v) is 10.5. The third kappa shape index (κ3) is 7.74. The van der Waals surface area contributed by atoms with Gasteiger partial charge in [0, 0.05) is 18.1 Å². The third-order valence-electron chi connectivity index (χ3n) is 5.51. The van der Waals surface area contributed by atoms with E-state index < -0.39 is 28.5 Å². The molecule has 2 aromatic carbocycles. The maximum Gasteiger partial charge on any atom is 0.244 e. The van der Waals surface area contributed by atoms with Crippen LogP contribution in [0.5, 0.6) is 0 Å². The Morgan fingerprint density at radius 2 is 1.56 bits per heavy atom. The number of anilines is 1. The molecule has 7 nitrogen and oxygen atoms in total. The Kier molecular flexibility index (Phi) is 10.4. The number of halogens is 1. The van der Waals surface area contributed by atoms with Gasteiger partial charge >= 0.3 is 0 Å². The number of nitrogens with one attached hydrogen (secondary N) is 1. The van der Waals surface area contributed by atoms with Gasteiger partial charge in [0.2, 0.25) is 21.8 Å². The average Bonchev–Trinajstić information content (AvgIpc) is 2.81. The van der Waals surface area contributed by atoms with Crippen molar-refractivity contribution in [3.63, 3.8) is 0 Å². The van der Waals surface area contributed by atoms with Gasteiger partial charge in [-0.3, -0.25) is 13.9 Å². The number of carbonyl (C=O) groups is 2. The molecule has 9 heteroatoms. The second-order valence-electron chi connectivity index (χ2n) is 8.15. The summed E-state index contributed by atoms with van der Waals surface area (Å²) in [5, 5.41) is 3.42. The molecule has 1 atom stereocenters. The molecule has 0 saturated carbocycles. The Morgan fingerprint density at radius 1 is 0.971 bits per heavy atom. The summed E-state index contributed by atoms with van der Waals surface area (Å²) in [5.74, 6) is -0.719. The van der Waals surface area contributed by atoms with Crippen molar-refractivity contribution in [2.75, 3.05) is 23.7 Å². The van der Waals surface area contributed by atoms with Crippen LogP contribution >= 0.6 is 11.6 Å². The molecule has 0 aliphatic heterocycles. The first kappa shape index (κ1) is 27.7. The van der Waals surface area contributed by atoms with Gasteiger partial charge in [-0.15, -0.1) is 0 Å². The molecule has 0 heterocycles. The van der Waals surface area contributed by atoms with Crippen LogP contribution in [-0.4, -0.2) is 50.5 Å². The van der Waals surface area contributed by atoms with Crippen LogP contribution in [0.1, 0.15) is 44.7 Å². The number of benzene rings is 2. The highest BCUT2D eigenvalue weighted by atomic mass is 35.5. The Bertz CT molecular complexity index is 1060. The van der Waals surface area contributed by atoms with Gasteiger partial charge in [0.25, 0.3) is 0 Å². The van der Waals surface area contributed by atoms with E-state index in [0.717, 1.165) is 34.5 Å². The molecule has 0 aliphatic rings. The molecule has 0 unspecified atom stereocenters. The summed E-state index contributed by atoms with van der Waals surface area (Å²) in [5.41, 5.74) is 2.26. The van der Waals surface area contributed by atoms with Crippen LogP contribution in [0.15, 0.2) is 48.5 Å². The number of nitrogens with zero attached hydrogens (tertiary/aromatic N) is 2. The van der Waals surface area contributed by atoms with E-state index in [1.54, 1.807) is 36.4 Å². The van der Waals surface area contributed by atoms with Crippen LogP contribution in [-0.2, 0) is 32.6 Å². The summed E-state index contributed by atoms with van der Waals surface area (Å²) >= 11 is 6.00. The molecule has 0 bridgehead atoms. The van der Waals surface area contributed by atoms with Gasteiger partial charge < -0.3 is 10.2 Å². The Hall–Kier alpha value is -2.58. The maximum absolute atomic E-state index is 13.6. The summed E-state index contributed by atoms with van der Waals surface area (Å²) in [7, 11) is -3.74. The normalized spacial score (nSPS) is 12.1. The Balaban J connectivity index is 2.40. The third-order valence-corrected chi connectivity index (χ3v) is 6.91. The van der Waals surface area contributed by atoms with E-state index in [4.69, 9.17) is 11.6 Å². The molecule has 0 spiro atoms. The summed E-state index contributed by atoms with van der Waals surface area (Å²) in [4.78, 5) is 27.9. The molecule has 2 rings (SSSR count). The lowest BCUT2D eigenvalue weighted by atomic mass is 10.1. The van der Waals surface area contributed by atoms with Gasteiger partial charge in [0.1, 0.15) is 12.6 Å². The predicted molar refractivity (Wildman–Crippen MR) is 137 cm³/mol. The van der Waals surface area contributed by atoms with Crippen molar-refractivity contribution in [3.8, 4) is 0 Å². The smallest absolute Gasteiger partial charge is 0.244 e. The van der Waals surface area contributed by atoms with E-state index in [2.05, 4.69) is 5.32 Å². The largest absolute Gasteiger partial charge is 0.354 e. The quantitative estimate of drug-likeness (QED) is 0.470. The molecular weight excluding hydrogens is 474 g/mol. The summed E-state index contributed by atoms with van der Waals surface area (Å²) in [6.45, 7) is 6.03. The summed E-state index contributed by atoms with van der Waals surface area (Å²) < 4.78 is 26.3. The van der Waals surface area contributed by atoms with Gasteiger partial charge in [-0.2, -0.15) is 0 Å². The average molecular weight is 508 g/mol. The number of hydrogen-bond acceptors (Lipinski definition) is 4. The van der Waals surface area contributed by atoms with Gasteiger partial charge in [0.15, 0.2) is 0 Å². The lowest BCUT2D eigenvalue weighted by molar-refractivity contribution is -0.140. The lowest BCUT2D eigenvalue weighted by Crippen LogP contribution is -2.52. The van der Waals surface area contributed by atoms with Gasteiger partial charge in [-0.1, -0.05) is 56.6 Å². The second kappa shape index (κ2) is 12.8. The standard InChI is InChI=1S/C25H34ClN3O4S/c1-5-16-27-25(31)23(7-3)28(17-20-8-12-21(26)13-9-20)24(30)18-29(34(4,32)33)22-14-10-19(6-2)11-15-22/h8-15,23H,5-7,16-18H2,1-4H3,(H,27,31)/t23-/m1/s1. The SMILES string of the molecule is CCCNC(=O)[C@@H](CC)N(Cc1ccc(Cl)cc1)C(=O)CN(c1ccc(CC)cc1)S(C)(=O)=O. The number of sulfonamides is 1. The van der Waals surface area contributed by atoms with E-state index in [1.165, 1.54) is 4.90 Å². The van der Waals surface area contributed by atoms with Crippen LogP contribution in [0.25, 0.3) is 0 Å². The molecule has 0 fully saturated rings. The molecule has 186 valence electrons. The van der Waals surface area contributed by atoms with Crippen molar-refractivity contribution in [1.29, 1.82) is 0 Å². The van der Waals surface area contributed by atoms with Gasteiger partial charge in [-0.25, -0.2) is 8.42 Å². The highest BCUT2D eigenvalue weighted by Crippen LogP contribution is 2.21. The highest BCUT2D eigenvalue weighted by Gasteiger charge is 2.31.